The second-order valence-corrected chi connectivity index (χ2v) is 7.65. The second kappa shape index (κ2) is 6.31. The number of para-hydroxylation sites is 1. The van der Waals surface area contributed by atoms with E-state index in [2.05, 4.69) is 26.7 Å². The third kappa shape index (κ3) is 3.30. The van der Waals surface area contributed by atoms with Gasteiger partial charge in [0.15, 0.2) is 0 Å². The molecule has 2 heterocycles. The Morgan fingerprint density at radius 2 is 1.67 bits per heavy atom. The maximum atomic E-state index is 10.5. The summed E-state index contributed by atoms with van der Waals surface area (Å²) < 4.78 is 32.9. The smallest absolute Gasteiger partial charge is 0.282 e. The van der Waals surface area contributed by atoms with Gasteiger partial charge in [-0.2, -0.15) is 8.42 Å². The molecule has 4 aromatic rings. The van der Waals surface area contributed by atoms with Crippen LogP contribution in [0.2, 0.25) is 0 Å². The summed E-state index contributed by atoms with van der Waals surface area (Å²) >= 11 is 1.67. The van der Waals surface area contributed by atoms with Crippen molar-refractivity contribution in [1.29, 1.82) is 0 Å². The third-order valence-electron chi connectivity index (χ3n) is 3.42. The SMILES string of the molecule is Cc1ccc(S(=O)(=O)O)cc1.Cc1nnc2sc3ccccc3n12. The highest BCUT2D eigenvalue weighted by Gasteiger charge is 2.08. The van der Waals surface area contributed by atoms with E-state index < -0.39 is 10.1 Å². The minimum atomic E-state index is -4.02. The van der Waals surface area contributed by atoms with E-state index in [1.165, 1.54) is 22.3 Å². The van der Waals surface area contributed by atoms with Gasteiger partial charge in [0, 0.05) is 0 Å². The number of hydrogen-bond acceptors (Lipinski definition) is 5. The fraction of sp³-hybridized carbons (Fsp3) is 0.125. The summed E-state index contributed by atoms with van der Waals surface area (Å²) in [4.78, 5) is 0.904. The first kappa shape index (κ1) is 16.6. The van der Waals surface area contributed by atoms with Gasteiger partial charge in [-0.25, -0.2) is 0 Å². The number of aryl methyl sites for hydroxylation is 2. The maximum Gasteiger partial charge on any atom is 0.294 e. The lowest BCUT2D eigenvalue weighted by Crippen LogP contribution is -1.96. The zero-order valence-corrected chi connectivity index (χ0v) is 14.7. The molecule has 0 saturated carbocycles. The zero-order chi connectivity index (χ0) is 17.3. The molecule has 8 heteroatoms. The van der Waals surface area contributed by atoms with Crippen LogP contribution in [0.3, 0.4) is 0 Å². The molecular weight excluding hydrogens is 346 g/mol. The molecule has 0 fully saturated rings. The summed E-state index contributed by atoms with van der Waals surface area (Å²) in [5, 5.41) is 8.12. The van der Waals surface area contributed by atoms with E-state index in [4.69, 9.17) is 4.55 Å². The Labute approximate surface area is 143 Å². The Balaban J connectivity index is 0.000000144. The molecule has 1 N–H and O–H groups in total. The molecule has 0 radical (unpaired) electrons. The lowest BCUT2D eigenvalue weighted by Gasteiger charge is -1.95. The van der Waals surface area contributed by atoms with Gasteiger partial charge in [-0.3, -0.25) is 8.95 Å². The van der Waals surface area contributed by atoms with Crippen LogP contribution >= 0.6 is 11.3 Å². The Kier molecular flexibility index (Phi) is 4.35. The van der Waals surface area contributed by atoms with E-state index in [-0.39, 0.29) is 4.90 Å². The van der Waals surface area contributed by atoms with Gasteiger partial charge in [-0.05, 0) is 38.1 Å². The van der Waals surface area contributed by atoms with Crippen molar-refractivity contribution in [1.82, 2.24) is 14.6 Å². The summed E-state index contributed by atoms with van der Waals surface area (Å²) in [5.41, 5.74) is 2.16. The zero-order valence-electron chi connectivity index (χ0n) is 13.0. The normalized spacial score (nSPS) is 11.5. The number of thiazole rings is 1. The molecule has 0 bridgehead atoms. The van der Waals surface area contributed by atoms with Crippen molar-refractivity contribution in [3.8, 4) is 0 Å². The van der Waals surface area contributed by atoms with Crippen LogP contribution in [0, 0.1) is 13.8 Å². The largest absolute Gasteiger partial charge is 0.294 e. The monoisotopic (exact) mass is 361 g/mol. The molecule has 0 unspecified atom stereocenters. The first-order chi connectivity index (χ1) is 11.4. The summed E-state index contributed by atoms with van der Waals surface area (Å²) in [6.45, 7) is 3.81. The number of fused-ring (bicyclic) bond motifs is 3. The number of rotatable bonds is 1. The van der Waals surface area contributed by atoms with Crippen molar-refractivity contribution >= 4 is 36.6 Å². The predicted molar refractivity (Wildman–Crippen MR) is 94.1 cm³/mol. The lowest BCUT2D eigenvalue weighted by atomic mass is 10.2. The number of benzene rings is 2. The minimum Gasteiger partial charge on any atom is -0.282 e. The molecule has 124 valence electrons. The van der Waals surface area contributed by atoms with E-state index in [0.29, 0.717) is 0 Å². The Morgan fingerprint density at radius 1 is 1.00 bits per heavy atom. The minimum absolute atomic E-state index is 0.0666. The van der Waals surface area contributed by atoms with Crippen molar-refractivity contribution in [2.45, 2.75) is 18.7 Å². The van der Waals surface area contributed by atoms with Crippen LogP contribution in [-0.4, -0.2) is 27.6 Å². The van der Waals surface area contributed by atoms with Crippen LogP contribution in [0.25, 0.3) is 15.2 Å². The highest BCUT2D eigenvalue weighted by atomic mass is 32.2. The molecule has 0 amide bonds. The Bertz CT molecular complexity index is 1100. The van der Waals surface area contributed by atoms with Crippen molar-refractivity contribution in [2.24, 2.45) is 0 Å². The van der Waals surface area contributed by atoms with Gasteiger partial charge in [0.1, 0.15) is 5.82 Å². The molecule has 4 rings (SSSR count). The van der Waals surface area contributed by atoms with E-state index in [1.807, 2.05) is 26.0 Å². The van der Waals surface area contributed by atoms with Gasteiger partial charge >= 0.3 is 0 Å². The number of nitrogens with zero attached hydrogens (tertiary/aromatic N) is 3. The summed E-state index contributed by atoms with van der Waals surface area (Å²) in [6, 6.07) is 14.3. The first-order valence-corrected chi connectivity index (χ1v) is 9.35. The average molecular weight is 361 g/mol. The van der Waals surface area contributed by atoms with E-state index in [9.17, 15) is 8.42 Å². The molecule has 24 heavy (non-hydrogen) atoms. The molecule has 2 aromatic carbocycles. The summed E-state index contributed by atoms with van der Waals surface area (Å²) in [7, 11) is -4.02. The standard InChI is InChI=1S/C9H7N3S.C7H8O3S/c1-6-10-11-9-12(6)7-4-2-3-5-8(7)13-9;1-6-2-4-7(5-3-6)11(8,9)10/h2-5H,1H3;2-5H,1H3,(H,8,9,10). The van der Waals surface area contributed by atoms with Crippen molar-refractivity contribution in [3.63, 3.8) is 0 Å². The molecule has 0 aliphatic rings. The molecule has 0 aliphatic carbocycles. The van der Waals surface area contributed by atoms with Gasteiger partial charge in [0.05, 0.1) is 15.1 Å². The molecular formula is C16H15N3O3S2. The van der Waals surface area contributed by atoms with E-state index in [1.54, 1.807) is 23.5 Å². The quantitative estimate of drug-likeness (QED) is 0.525. The van der Waals surface area contributed by atoms with Crippen molar-refractivity contribution in [3.05, 3.63) is 59.9 Å². The van der Waals surface area contributed by atoms with Crippen LogP contribution in [0.1, 0.15) is 11.4 Å². The molecule has 0 saturated heterocycles. The number of hydrogen-bond donors (Lipinski definition) is 1. The molecule has 0 spiro atoms. The Hall–Kier alpha value is -2.29. The highest BCUT2D eigenvalue weighted by Crippen LogP contribution is 2.25. The first-order valence-electron chi connectivity index (χ1n) is 7.10. The topological polar surface area (TPSA) is 84.6 Å². The highest BCUT2D eigenvalue weighted by molar-refractivity contribution is 7.85. The predicted octanol–water partition coefficient (Wildman–Crippen LogP) is 3.49. The van der Waals surface area contributed by atoms with Crippen LogP contribution in [0.5, 0.6) is 0 Å². The van der Waals surface area contributed by atoms with Gasteiger partial charge in [0.2, 0.25) is 4.96 Å². The molecule has 0 atom stereocenters. The molecule has 6 nitrogen and oxygen atoms in total. The van der Waals surface area contributed by atoms with E-state index in [0.717, 1.165) is 16.3 Å². The summed E-state index contributed by atoms with van der Waals surface area (Å²) in [5.74, 6) is 0.951. The molecule has 2 aromatic heterocycles. The lowest BCUT2D eigenvalue weighted by molar-refractivity contribution is 0.483. The van der Waals surface area contributed by atoms with Crippen LogP contribution in [-0.2, 0) is 10.1 Å². The second-order valence-electron chi connectivity index (χ2n) is 5.22. The fourth-order valence-corrected chi connectivity index (χ4v) is 3.71. The van der Waals surface area contributed by atoms with Crippen LogP contribution in [0.15, 0.2) is 53.4 Å². The maximum absolute atomic E-state index is 10.5. The molecule has 0 aliphatic heterocycles. The van der Waals surface area contributed by atoms with Crippen molar-refractivity contribution < 1.29 is 13.0 Å². The van der Waals surface area contributed by atoms with E-state index >= 15 is 0 Å². The van der Waals surface area contributed by atoms with Crippen LogP contribution in [0.4, 0.5) is 0 Å². The van der Waals surface area contributed by atoms with Gasteiger partial charge in [-0.15, -0.1) is 10.2 Å². The summed E-state index contributed by atoms with van der Waals surface area (Å²) in [6.07, 6.45) is 0. The average Bonchev–Trinajstić information content (AvgIpc) is 3.07. The van der Waals surface area contributed by atoms with Crippen LogP contribution < -0.4 is 0 Å². The van der Waals surface area contributed by atoms with Gasteiger partial charge in [0.25, 0.3) is 10.1 Å². The van der Waals surface area contributed by atoms with Crippen molar-refractivity contribution in [2.75, 3.05) is 0 Å². The third-order valence-corrected chi connectivity index (χ3v) is 5.30. The Morgan fingerprint density at radius 3 is 2.33 bits per heavy atom. The van der Waals surface area contributed by atoms with Gasteiger partial charge in [-0.1, -0.05) is 41.2 Å². The number of aromatic nitrogens is 3. The fourth-order valence-electron chi connectivity index (χ4n) is 2.22. The van der Waals surface area contributed by atoms with Gasteiger partial charge < -0.3 is 0 Å².